The molecule has 3 heterocycles. The molecule has 7 heteroatoms. The van der Waals surface area contributed by atoms with E-state index in [0.717, 1.165) is 32.8 Å². The van der Waals surface area contributed by atoms with Crippen molar-refractivity contribution in [1.29, 1.82) is 0 Å². The molecule has 6 nitrogen and oxygen atoms in total. The van der Waals surface area contributed by atoms with Gasteiger partial charge in [0.2, 0.25) is 0 Å². The first-order valence-corrected chi connectivity index (χ1v) is 9.82. The fraction of sp³-hybridized carbons (Fsp3) is 0.190. The van der Waals surface area contributed by atoms with Gasteiger partial charge in [-0.15, -0.1) is 0 Å². The van der Waals surface area contributed by atoms with Crippen LogP contribution in [0.3, 0.4) is 0 Å². The van der Waals surface area contributed by atoms with Crippen LogP contribution in [0.2, 0.25) is 0 Å². The molecule has 0 atom stereocenters. The van der Waals surface area contributed by atoms with E-state index in [9.17, 15) is 4.79 Å². The fourth-order valence-corrected chi connectivity index (χ4v) is 3.76. The van der Waals surface area contributed by atoms with Crippen molar-refractivity contribution in [2.75, 3.05) is 31.1 Å². The number of rotatable bonds is 3. The standard InChI is InChI=1S/C21H19BrN4O2/c22-19-13-17(15-4-2-1-3-5-15)12-18(24-19)16-6-7-23-20(14-16)25-8-10-26(11-9-25)21(27)28/h1-7,12-14H,8-11H2,(H,27,28). The quantitative estimate of drug-likeness (QED) is 0.614. The molecule has 0 saturated carbocycles. The Morgan fingerprint density at radius 1 is 0.929 bits per heavy atom. The lowest BCUT2D eigenvalue weighted by Crippen LogP contribution is -2.48. The number of carbonyl (C=O) groups is 1. The van der Waals surface area contributed by atoms with Crippen molar-refractivity contribution in [3.05, 3.63) is 65.4 Å². The molecule has 0 radical (unpaired) electrons. The molecule has 1 aromatic carbocycles. The Morgan fingerprint density at radius 2 is 1.68 bits per heavy atom. The summed E-state index contributed by atoms with van der Waals surface area (Å²) in [6.07, 6.45) is 0.909. The maximum atomic E-state index is 11.1. The summed E-state index contributed by atoms with van der Waals surface area (Å²) < 4.78 is 0.775. The molecular formula is C21H19BrN4O2. The van der Waals surface area contributed by atoms with Crippen LogP contribution < -0.4 is 4.90 Å². The number of hydrogen-bond donors (Lipinski definition) is 1. The monoisotopic (exact) mass is 438 g/mol. The van der Waals surface area contributed by atoms with Crippen LogP contribution >= 0.6 is 15.9 Å². The molecule has 1 fully saturated rings. The van der Waals surface area contributed by atoms with Gasteiger partial charge in [0.1, 0.15) is 10.4 Å². The molecule has 1 aliphatic rings. The highest BCUT2D eigenvalue weighted by atomic mass is 79.9. The number of aromatic nitrogens is 2. The Bertz CT molecular complexity index is 989. The molecule has 2 aromatic heterocycles. The molecule has 4 rings (SSSR count). The van der Waals surface area contributed by atoms with Crippen LogP contribution in [0.5, 0.6) is 0 Å². The topological polar surface area (TPSA) is 69.6 Å². The summed E-state index contributed by atoms with van der Waals surface area (Å²) >= 11 is 3.52. The van der Waals surface area contributed by atoms with E-state index in [0.29, 0.717) is 26.2 Å². The average molecular weight is 439 g/mol. The van der Waals surface area contributed by atoms with Gasteiger partial charge in [-0.25, -0.2) is 14.8 Å². The second-order valence-electron chi connectivity index (χ2n) is 6.59. The summed E-state index contributed by atoms with van der Waals surface area (Å²) in [6, 6.07) is 18.2. The van der Waals surface area contributed by atoms with E-state index >= 15 is 0 Å². The van der Waals surface area contributed by atoms with Gasteiger partial charge in [0.15, 0.2) is 0 Å². The number of amides is 1. The SMILES string of the molecule is O=C(O)N1CCN(c2cc(-c3cc(-c4ccccc4)cc(Br)n3)ccn2)CC1. The predicted octanol–water partition coefficient (Wildman–Crippen LogP) is 4.37. The van der Waals surface area contributed by atoms with Gasteiger partial charge in [-0.3, -0.25) is 0 Å². The van der Waals surface area contributed by atoms with Crippen LogP contribution in [-0.4, -0.2) is 52.2 Å². The minimum absolute atomic E-state index is 0.481. The maximum absolute atomic E-state index is 11.1. The number of halogens is 1. The van der Waals surface area contributed by atoms with Gasteiger partial charge in [-0.2, -0.15) is 0 Å². The number of pyridine rings is 2. The van der Waals surface area contributed by atoms with Crippen molar-refractivity contribution >= 4 is 27.8 Å². The summed E-state index contributed by atoms with van der Waals surface area (Å²) in [5.74, 6) is 0.838. The minimum atomic E-state index is -0.867. The molecule has 0 aliphatic carbocycles. The molecule has 1 amide bonds. The first kappa shape index (κ1) is 18.4. The molecule has 3 aromatic rings. The number of piperazine rings is 1. The Kier molecular flexibility index (Phi) is 5.25. The van der Waals surface area contributed by atoms with E-state index in [1.165, 1.54) is 4.90 Å². The third-order valence-electron chi connectivity index (χ3n) is 4.82. The van der Waals surface area contributed by atoms with Gasteiger partial charge >= 0.3 is 6.09 Å². The highest BCUT2D eigenvalue weighted by Crippen LogP contribution is 2.29. The van der Waals surface area contributed by atoms with Gasteiger partial charge in [-0.1, -0.05) is 30.3 Å². The van der Waals surface area contributed by atoms with Crippen molar-refractivity contribution in [3.63, 3.8) is 0 Å². The van der Waals surface area contributed by atoms with Gasteiger partial charge in [-0.05, 0) is 51.3 Å². The lowest BCUT2D eigenvalue weighted by Gasteiger charge is -2.33. The number of hydrogen-bond acceptors (Lipinski definition) is 4. The minimum Gasteiger partial charge on any atom is -0.465 e. The van der Waals surface area contributed by atoms with Crippen LogP contribution in [0.25, 0.3) is 22.4 Å². The van der Waals surface area contributed by atoms with Gasteiger partial charge in [0, 0.05) is 37.9 Å². The molecule has 0 spiro atoms. The molecule has 0 bridgehead atoms. The van der Waals surface area contributed by atoms with Gasteiger partial charge < -0.3 is 14.9 Å². The fourth-order valence-electron chi connectivity index (χ4n) is 3.32. The van der Waals surface area contributed by atoms with Crippen LogP contribution in [0.1, 0.15) is 0 Å². The Balaban J connectivity index is 1.62. The highest BCUT2D eigenvalue weighted by Gasteiger charge is 2.21. The van der Waals surface area contributed by atoms with E-state index in [1.54, 1.807) is 6.20 Å². The van der Waals surface area contributed by atoms with Crippen molar-refractivity contribution in [3.8, 4) is 22.4 Å². The predicted molar refractivity (Wildman–Crippen MR) is 112 cm³/mol. The maximum Gasteiger partial charge on any atom is 0.407 e. The zero-order chi connectivity index (χ0) is 19.5. The second-order valence-corrected chi connectivity index (χ2v) is 7.40. The molecule has 1 aliphatic heterocycles. The first-order valence-electron chi connectivity index (χ1n) is 9.02. The van der Waals surface area contributed by atoms with Crippen molar-refractivity contribution in [1.82, 2.24) is 14.9 Å². The van der Waals surface area contributed by atoms with E-state index < -0.39 is 6.09 Å². The van der Waals surface area contributed by atoms with Gasteiger partial charge in [0.25, 0.3) is 0 Å². The Morgan fingerprint density at radius 3 is 2.39 bits per heavy atom. The van der Waals surface area contributed by atoms with Crippen LogP contribution in [0.15, 0.2) is 65.4 Å². The van der Waals surface area contributed by atoms with E-state index in [1.807, 2.05) is 36.4 Å². The number of carboxylic acid groups (broad SMARTS) is 1. The Hall–Kier alpha value is -2.93. The zero-order valence-corrected chi connectivity index (χ0v) is 16.7. The number of nitrogens with zero attached hydrogens (tertiary/aromatic N) is 4. The summed E-state index contributed by atoms with van der Waals surface area (Å²) in [7, 11) is 0. The molecule has 142 valence electrons. The van der Waals surface area contributed by atoms with Crippen molar-refractivity contribution in [2.45, 2.75) is 0 Å². The smallest absolute Gasteiger partial charge is 0.407 e. The number of benzene rings is 1. The second kappa shape index (κ2) is 7.98. The first-order chi connectivity index (χ1) is 13.6. The molecule has 0 unspecified atom stereocenters. The van der Waals surface area contributed by atoms with E-state index in [-0.39, 0.29) is 0 Å². The zero-order valence-electron chi connectivity index (χ0n) is 15.1. The largest absolute Gasteiger partial charge is 0.465 e. The third kappa shape index (κ3) is 3.99. The van der Waals surface area contributed by atoms with E-state index in [4.69, 9.17) is 5.11 Å². The lowest BCUT2D eigenvalue weighted by molar-refractivity contribution is 0.142. The molecule has 1 saturated heterocycles. The van der Waals surface area contributed by atoms with Crippen molar-refractivity contribution < 1.29 is 9.90 Å². The molecule has 28 heavy (non-hydrogen) atoms. The highest BCUT2D eigenvalue weighted by molar-refractivity contribution is 9.10. The summed E-state index contributed by atoms with van der Waals surface area (Å²) in [5.41, 5.74) is 4.06. The normalized spacial score (nSPS) is 14.2. The van der Waals surface area contributed by atoms with E-state index in [2.05, 4.69) is 49.0 Å². The Labute approximate surface area is 171 Å². The summed E-state index contributed by atoms with van der Waals surface area (Å²) in [4.78, 5) is 23.8. The van der Waals surface area contributed by atoms with Gasteiger partial charge in [0.05, 0.1) is 5.69 Å². The van der Waals surface area contributed by atoms with Crippen LogP contribution in [0, 0.1) is 0 Å². The lowest BCUT2D eigenvalue weighted by atomic mass is 10.0. The summed E-state index contributed by atoms with van der Waals surface area (Å²) in [5, 5.41) is 9.11. The molecule has 1 N–H and O–H groups in total. The van der Waals surface area contributed by atoms with Crippen LogP contribution in [-0.2, 0) is 0 Å². The average Bonchev–Trinajstić information content (AvgIpc) is 2.74. The number of anilines is 1. The summed E-state index contributed by atoms with van der Waals surface area (Å²) in [6.45, 7) is 2.22. The van der Waals surface area contributed by atoms with Crippen molar-refractivity contribution in [2.24, 2.45) is 0 Å². The molecular weight excluding hydrogens is 420 g/mol. The third-order valence-corrected chi connectivity index (χ3v) is 5.22. The van der Waals surface area contributed by atoms with Crippen LogP contribution in [0.4, 0.5) is 10.6 Å².